The van der Waals surface area contributed by atoms with Gasteiger partial charge in [-0.05, 0) is 0 Å². The minimum Gasteiger partial charge on any atom is -0.264 e. The van der Waals surface area contributed by atoms with Crippen molar-refractivity contribution in [1.82, 2.24) is 0 Å². The van der Waals surface area contributed by atoms with Crippen LogP contribution in [0.15, 0.2) is 0 Å². The maximum absolute atomic E-state index is 10.7. The second kappa shape index (κ2) is 3.27. The Morgan fingerprint density at radius 2 is 1.46 bits per heavy atom. The van der Waals surface area contributed by atoms with Gasteiger partial charge in [0.25, 0.3) is 11.1 Å². The largest absolute Gasteiger partial charge is 0.286 e. The van der Waals surface area contributed by atoms with Crippen molar-refractivity contribution in [2.75, 3.05) is 0 Å². The molecule has 1 atom stereocenters. The maximum atomic E-state index is 10.7. The molecule has 0 amide bonds. The molecule has 0 radical (unpaired) electrons. The molecule has 13 heavy (non-hydrogen) atoms. The van der Waals surface area contributed by atoms with Gasteiger partial charge in [0.15, 0.2) is 0 Å². The molecule has 0 aliphatic heterocycles. The highest BCUT2D eigenvalue weighted by Crippen LogP contribution is 2.30. The summed E-state index contributed by atoms with van der Waals surface area (Å²) in [5.74, 6) is 0. The van der Waals surface area contributed by atoms with Crippen LogP contribution in [-0.4, -0.2) is 20.9 Å². The highest BCUT2D eigenvalue weighted by atomic mass is 16.6. The number of hydrogen-bond donors (Lipinski definition) is 0. The predicted octanol–water partition coefficient (Wildman–Crippen LogP) is 1.49. The van der Waals surface area contributed by atoms with E-state index >= 15 is 0 Å². The molecule has 0 bridgehead atoms. The summed E-state index contributed by atoms with van der Waals surface area (Å²) >= 11 is 0. The Balaban J connectivity index is 5.19. The standard InChI is InChI=1S/C7H14N2O4/c1-5-7(4,9(12)13)6(2,3)8(10)11/h5H2,1-4H3. The molecule has 0 aliphatic carbocycles. The Morgan fingerprint density at radius 3 is 1.54 bits per heavy atom. The normalized spacial score (nSPS) is 16.3. The van der Waals surface area contributed by atoms with Crippen LogP contribution in [0.4, 0.5) is 0 Å². The molecule has 0 aliphatic rings. The van der Waals surface area contributed by atoms with Gasteiger partial charge in [-0.25, -0.2) is 0 Å². The topological polar surface area (TPSA) is 86.3 Å². The fraction of sp³-hybridized carbons (Fsp3) is 1.00. The fourth-order valence-corrected chi connectivity index (χ4v) is 0.982. The second-order valence-electron chi connectivity index (χ2n) is 3.70. The SMILES string of the molecule is CCC(C)([N+](=O)[O-])C(C)(C)[N+](=O)[O-]. The molecule has 0 saturated heterocycles. The summed E-state index contributed by atoms with van der Waals surface area (Å²) in [6.07, 6.45) is 0.133. The number of nitrogens with zero attached hydrogens (tertiary/aromatic N) is 2. The molecule has 0 aromatic carbocycles. The third kappa shape index (κ3) is 1.61. The smallest absolute Gasteiger partial charge is 0.264 e. The molecule has 6 heteroatoms. The quantitative estimate of drug-likeness (QED) is 0.496. The van der Waals surface area contributed by atoms with Gasteiger partial charge >= 0.3 is 0 Å². The lowest BCUT2D eigenvalue weighted by atomic mass is 9.80. The van der Waals surface area contributed by atoms with Gasteiger partial charge in [0.05, 0.1) is 0 Å². The lowest BCUT2D eigenvalue weighted by Crippen LogP contribution is -2.57. The molecule has 0 aromatic heterocycles. The summed E-state index contributed by atoms with van der Waals surface area (Å²) in [4.78, 5) is 20.2. The Labute approximate surface area is 76.2 Å². The zero-order chi connectivity index (χ0) is 10.9. The Morgan fingerprint density at radius 1 is 1.08 bits per heavy atom. The van der Waals surface area contributed by atoms with E-state index in [1.165, 1.54) is 20.8 Å². The van der Waals surface area contributed by atoms with Crippen LogP contribution >= 0.6 is 0 Å². The molecule has 0 rings (SSSR count). The monoisotopic (exact) mass is 190 g/mol. The van der Waals surface area contributed by atoms with E-state index in [0.717, 1.165) is 0 Å². The van der Waals surface area contributed by atoms with Crippen LogP contribution in [0.1, 0.15) is 34.1 Å². The highest BCUT2D eigenvalue weighted by Gasteiger charge is 2.59. The Bertz CT molecular complexity index is 239. The summed E-state index contributed by atoms with van der Waals surface area (Å²) in [7, 11) is 0. The van der Waals surface area contributed by atoms with E-state index in [4.69, 9.17) is 0 Å². The van der Waals surface area contributed by atoms with Crippen molar-refractivity contribution in [3.05, 3.63) is 20.2 Å². The molecule has 0 heterocycles. The van der Waals surface area contributed by atoms with E-state index in [1.807, 2.05) is 0 Å². The molecule has 6 nitrogen and oxygen atoms in total. The van der Waals surface area contributed by atoms with E-state index in [2.05, 4.69) is 0 Å². The molecule has 0 N–H and O–H groups in total. The minimum atomic E-state index is -1.55. The van der Waals surface area contributed by atoms with Gasteiger partial charge in [0.1, 0.15) is 0 Å². The van der Waals surface area contributed by atoms with Gasteiger partial charge in [0.2, 0.25) is 0 Å². The van der Waals surface area contributed by atoms with E-state index in [0.29, 0.717) is 0 Å². The van der Waals surface area contributed by atoms with E-state index in [9.17, 15) is 20.2 Å². The summed E-state index contributed by atoms with van der Waals surface area (Å²) in [5, 5.41) is 21.3. The molecule has 1 unspecified atom stereocenters. The van der Waals surface area contributed by atoms with Crippen molar-refractivity contribution in [3.8, 4) is 0 Å². The zero-order valence-electron chi connectivity index (χ0n) is 8.23. The zero-order valence-corrected chi connectivity index (χ0v) is 8.23. The molecular weight excluding hydrogens is 176 g/mol. The third-order valence-electron chi connectivity index (χ3n) is 2.87. The van der Waals surface area contributed by atoms with Crippen LogP contribution in [0.5, 0.6) is 0 Å². The Hall–Kier alpha value is -1.20. The molecule has 0 spiro atoms. The predicted molar refractivity (Wildman–Crippen MR) is 46.8 cm³/mol. The number of rotatable bonds is 4. The average molecular weight is 190 g/mol. The van der Waals surface area contributed by atoms with Crippen molar-refractivity contribution in [2.24, 2.45) is 0 Å². The van der Waals surface area contributed by atoms with Crippen LogP contribution < -0.4 is 0 Å². The summed E-state index contributed by atoms with van der Waals surface area (Å²) in [6.45, 7) is 5.43. The molecule has 0 fully saturated rings. The first-order chi connectivity index (χ1) is 5.70. The van der Waals surface area contributed by atoms with Gasteiger partial charge in [-0.15, -0.1) is 0 Å². The molecule has 76 valence electrons. The third-order valence-corrected chi connectivity index (χ3v) is 2.87. The van der Waals surface area contributed by atoms with Gasteiger partial charge < -0.3 is 0 Å². The first kappa shape index (κ1) is 11.8. The number of hydrogen-bond acceptors (Lipinski definition) is 4. The molecule has 0 saturated carbocycles. The van der Waals surface area contributed by atoms with Gasteiger partial charge in [-0.1, -0.05) is 6.92 Å². The van der Waals surface area contributed by atoms with Crippen LogP contribution in [0.25, 0.3) is 0 Å². The molecular formula is C7H14N2O4. The van der Waals surface area contributed by atoms with Crippen LogP contribution in [-0.2, 0) is 0 Å². The van der Waals surface area contributed by atoms with Crippen molar-refractivity contribution in [3.63, 3.8) is 0 Å². The summed E-state index contributed by atoms with van der Waals surface area (Å²) < 4.78 is 0. The van der Waals surface area contributed by atoms with Crippen LogP contribution in [0.2, 0.25) is 0 Å². The second-order valence-corrected chi connectivity index (χ2v) is 3.70. The van der Waals surface area contributed by atoms with E-state index in [1.54, 1.807) is 6.92 Å². The van der Waals surface area contributed by atoms with E-state index < -0.39 is 20.9 Å². The minimum absolute atomic E-state index is 0.133. The van der Waals surface area contributed by atoms with Gasteiger partial charge in [-0.2, -0.15) is 0 Å². The van der Waals surface area contributed by atoms with Crippen molar-refractivity contribution in [1.29, 1.82) is 0 Å². The average Bonchev–Trinajstić information content (AvgIpc) is 2.01. The van der Waals surface area contributed by atoms with Crippen LogP contribution in [0.3, 0.4) is 0 Å². The van der Waals surface area contributed by atoms with Crippen molar-refractivity contribution >= 4 is 0 Å². The highest BCUT2D eigenvalue weighted by molar-refractivity contribution is 4.89. The Kier molecular flexibility index (Phi) is 2.97. The van der Waals surface area contributed by atoms with Crippen LogP contribution in [0, 0.1) is 20.2 Å². The molecule has 0 aromatic rings. The van der Waals surface area contributed by atoms with Crippen molar-refractivity contribution < 1.29 is 9.85 Å². The van der Waals surface area contributed by atoms with Gasteiger partial charge in [-0.3, -0.25) is 20.2 Å². The lowest BCUT2D eigenvalue weighted by Gasteiger charge is -2.28. The lowest BCUT2D eigenvalue weighted by molar-refractivity contribution is -0.677. The van der Waals surface area contributed by atoms with Crippen molar-refractivity contribution in [2.45, 2.75) is 45.2 Å². The summed E-state index contributed by atoms with van der Waals surface area (Å²) in [5.41, 5.74) is -3.07. The first-order valence-corrected chi connectivity index (χ1v) is 3.99. The first-order valence-electron chi connectivity index (χ1n) is 3.99. The summed E-state index contributed by atoms with van der Waals surface area (Å²) in [6, 6.07) is 0. The maximum Gasteiger partial charge on any atom is 0.286 e. The fourth-order valence-electron chi connectivity index (χ4n) is 0.982. The van der Waals surface area contributed by atoms with Gasteiger partial charge in [0, 0.05) is 37.0 Å². The van der Waals surface area contributed by atoms with E-state index in [-0.39, 0.29) is 6.42 Å². The number of nitro groups is 2.